The van der Waals surface area contributed by atoms with Gasteiger partial charge in [-0.05, 0) is 69.1 Å². The lowest BCUT2D eigenvalue weighted by Gasteiger charge is -2.22. The van der Waals surface area contributed by atoms with Crippen molar-refractivity contribution < 1.29 is 13.9 Å². The summed E-state index contributed by atoms with van der Waals surface area (Å²) in [6.45, 7) is 6.40. The van der Waals surface area contributed by atoms with Crippen molar-refractivity contribution in [1.82, 2.24) is 29.6 Å². The van der Waals surface area contributed by atoms with E-state index in [4.69, 9.17) is 0 Å². The molecule has 3 N–H and O–H groups in total. The van der Waals surface area contributed by atoms with Gasteiger partial charge in [0.25, 0.3) is 12.0 Å². The zero-order chi connectivity index (χ0) is 25.6. The summed E-state index contributed by atoms with van der Waals surface area (Å²) in [5.41, 5.74) is 0.587. The molecule has 0 amide bonds. The van der Waals surface area contributed by atoms with Gasteiger partial charge in [-0.25, -0.2) is 28.1 Å². The number of benzene rings is 1. The summed E-state index contributed by atoms with van der Waals surface area (Å²) in [6, 6.07) is 10.2. The highest BCUT2D eigenvalue weighted by molar-refractivity contribution is 5.77. The molecule has 0 aliphatic carbocycles. The maximum absolute atomic E-state index is 13.5. The number of nitrogens with zero attached hydrogens (tertiary/aromatic N) is 5. The molecule has 0 fully saturated rings. The molecular weight excluding hydrogens is 468 g/mol. The van der Waals surface area contributed by atoms with Crippen molar-refractivity contribution in [1.29, 1.82) is 0 Å². The van der Waals surface area contributed by atoms with E-state index >= 15 is 0 Å². The molecule has 3 aromatic heterocycles. The first-order chi connectivity index (χ1) is 17.2. The van der Waals surface area contributed by atoms with Crippen LogP contribution in [0.5, 0.6) is 0 Å². The van der Waals surface area contributed by atoms with Gasteiger partial charge in [0.15, 0.2) is 17.1 Å². The van der Waals surface area contributed by atoms with Crippen LogP contribution in [0.2, 0.25) is 0 Å². The molecule has 1 aliphatic rings. The molecule has 0 saturated heterocycles. The lowest BCUT2D eigenvalue weighted by molar-refractivity contribution is -0.0910. The van der Waals surface area contributed by atoms with Crippen molar-refractivity contribution in [2.75, 3.05) is 11.9 Å². The summed E-state index contributed by atoms with van der Waals surface area (Å²) in [6.07, 6.45) is -0.671. The first-order valence-electron chi connectivity index (χ1n) is 11.7. The highest BCUT2D eigenvalue weighted by Crippen LogP contribution is 2.28. The van der Waals surface area contributed by atoms with Crippen LogP contribution in [-0.4, -0.2) is 42.4 Å². The second-order valence-electron chi connectivity index (χ2n) is 9.35. The minimum absolute atomic E-state index is 0.181. The normalized spacial score (nSPS) is 15.3. The number of pyridine rings is 1. The maximum Gasteiger partial charge on any atom is 0.278 e. The van der Waals surface area contributed by atoms with E-state index in [1.54, 1.807) is 6.07 Å². The molecule has 1 aliphatic heterocycles. The van der Waals surface area contributed by atoms with Crippen molar-refractivity contribution in [2.45, 2.75) is 51.8 Å². The minimum atomic E-state index is -3.04. The maximum atomic E-state index is 13.5. The SMILES string of the molecule is CC(C)n1c(=O)c2cnc(Nc3ccc4c(c3)CCNC4)nc2n1-c1cccc(C(C)(O)C(F)F)n1. The molecule has 0 bridgehead atoms. The number of rotatable bonds is 6. The van der Waals surface area contributed by atoms with Crippen molar-refractivity contribution in [3.8, 4) is 5.82 Å². The Balaban J connectivity index is 1.62. The van der Waals surface area contributed by atoms with E-state index in [1.165, 1.54) is 38.8 Å². The molecule has 1 atom stereocenters. The third kappa shape index (κ3) is 4.14. The predicted molar refractivity (Wildman–Crippen MR) is 132 cm³/mol. The van der Waals surface area contributed by atoms with Crippen molar-refractivity contribution in [2.24, 2.45) is 0 Å². The molecule has 5 rings (SSSR count). The first kappa shape index (κ1) is 24.0. The molecule has 188 valence electrons. The van der Waals surface area contributed by atoms with Gasteiger partial charge in [0.1, 0.15) is 5.39 Å². The van der Waals surface area contributed by atoms with E-state index in [-0.39, 0.29) is 40.1 Å². The zero-order valence-electron chi connectivity index (χ0n) is 20.2. The van der Waals surface area contributed by atoms with Gasteiger partial charge in [-0.15, -0.1) is 0 Å². The molecule has 11 heteroatoms. The molecule has 1 aromatic carbocycles. The van der Waals surface area contributed by atoms with Gasteiger partial charge in [-0.1, -0.05) is 12.1 Å². The van der Waals surface area contributed by atoms with Crippen molar-refractivity contribution in [3.63, 3.8) is 0 Å². The van der Waals surface area contributed by atoms with Crippen LogP contribution >= 0.6 is 0 Å². The fourth-order valence-electron chi connectivity index (χ4n) is 4.36. The molecule has 0 radical (unpaired) electrons. The van der Waals surface area contributed by atoms with E-state index in [2.05, 4.69) is 37.7 Å². The van der Waals surface area contributed by atoms with Gasteiger partial charge >= 0.3 is 0 Å². The Labute approximate surface area is 205 Å². The lowest BCUT2D eigenvalue weighted by atomic mass is 10.0. The molecule has 4 aromatic rings. The molecule has 1 unspecified atom stereocenters. The fraction of sp³-hybridized carbons (Fsp3) is 0.360. The highest BCUT2D eigenvalue weighted by atomic mass is 19.3. The van der Waals surface area contributed by atoms with Crippen LogP contribution in [-0.2, 0) is 18.6 Å². The topological polar surface area (TPSA) is 110 Å². The van der Waals surface area contributed by atoms with Crippen molar-refractivity contribution >= 4 is 22.7 Å². The minimum Gasteiger partial charge on any atom is -0.378 e. The molecule has 0 saturated carbocycles. The van der Waals surface area contributed by atoms with Crippen LogP contribution in [0.1, 0.15) is 43.6 Å². The van der Waals surface area contributed by atoms with E-state index in [9.17, 15) is 18.7 Å². The number of aliphatic hydroxyl groups is 1. The summed E-state index contributed by atoms with van der Waals surface area (Å²) in [4.78, 5) is 26.5. The summed E-state index contributed by atoms with van der Waals surface area (Å²) in [5, 5.41) is 17.1. The number of anilines is 2. The van der Waals surface area contributed by atoms with E-state index in [0.717, 1.165) is 32.1 Å². The Kier molecular flexibility index (Phi) is 6.05. The van der Waals surface area contributed by atoms with Gasteiger partial charge in [0.05, 0.1) is 5.69 Å². The number of halogens is 2. The smallest absolute Gasteiger partial charge is 0.278 e. The number of nitrogens with one attached hydrogen (secondary N) is 2. The number of hydrogen-bond acceptors (Lipinski definition) is 7. The van der Waals surface area contributed by atoms with Gasteiger partial charge < -0.3 is 15.7 Å². The lowest BCUT2D eigenvalue weighted by Crippen LogP contribution is -2.32. The standard InChI is InChI=1S/C25H27F2N7O2/c1-14(2)33-22(35)18-13-29-24(30-17-8-7-16-12-28-10-9-15(16)11-17)32-21(18)34(33)20-6-4-5-19(31-20)25(3,36)23(26)27/h4-8,11,13-14,23,28,36H,9-10,12H2,1-3H3,(H,29,30,32). The Hall–Kier alpha value is -3.70. The van der Waals surface area contributed by atoms with Crippen LogP contribution in [0.4, 0.5) is 20.4 Å². The zero-order valence-corrected chi connectivity index (χ0v) is 20.2. The van der Waals surface area contributed by atoms with Crippen LogP contribution in [0.3, 0.4) is 0 Å². The Morgan fingerprint density at radius 3 is 2.72 bits per heavy atom. The van der Waals surface area contributed by atoms with Gasteiger partial charge in [0, 0.05) is 24.5 Å². The number of aromatic nitrogens is 5. The van der Waals surface area contributed by atoms with Gasteiger partial charge in [0.2, 0.25) is 5.95 Å². The van der Waals surface area contributed by atoms with Gasteiger partial charge in [-0.3, -0.25) is 4.79 Å². The molecule has 36 heavy (non-hydrogen) atoms. The van der Waals surface area contributed by atoms with Crippen molar-refractivity contribution in [3.05, 3.63) is 69.8 Å². The summed E-state index contributed by atoms with van der Waals surface area (Å²) in [7, 11) is 0. The Bertz CT molecular complexity index is 1490. The average molecular weight is 496 g/mol. The molecule has 9 nitrogen and oxygen atoms in total. The second-order valence-corrected chi connectivity index (χ2v) is 9.35. The second kappa shape index (κ2) is 9.07. The molecule has 4 heterocycles. The summed E-state index contributed by atoms with van der Waals surface area (Å²) >= 11 is 0. The first-order valence-corrected chi connectivity index (χ1v) is 11.7. The number of hydrogen-bond donors (Lipinski definition) is 3. The highest BCUT2D eigenvalue weighted by Gasteiger charge is 2.36. The van der Waals surface area contributed by atoms with E-state index in [1.807, 2.05) is 19.9 Å². The quantitative estimate of drug-likeness (QED) is 0.376. The van der Waals surface area contributed by atoms with Crippen LogP contribution in [0.15, 0.2) is 47.4 Å². The fourth-order valence-corrected chi connectivity index (χ4v) is 4.36. The van der Waals surface area contributed by atoms with E-state index in [0.29, 0.717) is 0 Å². The van der Waals surface area contributed by atoms with Crippen LogP contribution in [0.25, 0.3) is 16.9 Å². The molecular formula is C25H27F2N7O2. The average Bonchev–Trinajstić information content (AvgIpc) is 3.16. The third-order valence-corrected chi connectivity index (χ3v) is 6.36. The predicted octanol–water partition coefficient (Wildman–Crippen LogP) is 3.42. The monoisotopic (exact) mass is 495 g/mol. The third-order valence-electron chi connectivity index (χ3n) is 6.36. The van der Waals surface area contributed by atoms with Gasteiger partial charge in [-0.2, -0.15) is 4.98 Å². The largest absolute Gasteiger partial charge is 0.378 e. The van der Waals surface area contributed by atoms with Crippen LogP contribution < -0.4 is 16.2 Å². The number of fused-ring (bicyclic) bond motifs is 2. The summed E-state index contributed by atoms with van der Waals surface area (Å²) < 4.78 is 29.9. The van der Waals surface area contributed by atoms with Crippen LogP contribution in [0, 0.1) is 0 Å². The van der Waals surface area contributed by atoms with E-state index < -0.39 is 12.0 Å². The summed E-state index contributed by atoms with van der Waals surface area (Å²) in [5.74, 6) is 0.460. The molecule has 0 spiro atoms. The Morgan fingerprint density at radius 2 is 1.97 bits per heavy atom. The Morgan fingerprint density at radius 1 is 1.17 bits per heavy atom. The number of alkyl halides is 2.